The van der Waals surface area contributed by atoms with Gasteiger partial charge in [0.05, 0.1) is 15.9 Å². The van der Waals surface area contributed by atoms with Gasteiger partial charge in [-0.3, -0.25) is 14.9 Å². The van der Waals surface area contributed by atoms with Crippen molar-refractivity contribution in [1.82, 2.24) is 5.32 Å². The summed E-state index contributed by atoms with van der Waals surface area (Å²) < 4.78 is 13.7. The first-order chi connectivity index (χ1) is 17.3. The van der Waals surface area contributed by atoms with E-state index in [1.807, 2.05) is 31.2 Å². The number of ether oxygens (including phenoxy) is 2. The van der Waals surface area contributed by atoms with E-state index in [9.17, 15) is 14.4 Å². The molecule has 0 radical (unpaired) electrons. The highest BCUT2D eigenvalue weighted by Gasteiger charge is 2.36. The van der Waals surface area contributed by atoms with E-state index in [1.54, 1.807) is 24.3 Å². The summed E-state index contributed by atoms with van der Waals surface area (Å²) in [5, 5.41) is 2.68. The van der Waals surface area contributed by atoms with E-state index in [-0.39, 0.29) is 5.57 Å². The van der Waals surface area contributed by atoms with Crippen LogP contribution in [0.15, 0.2) is 66.2 Å². The fraction of sp³-hybridized carbons (Fsp3) is 0.115. The number of urea groups is 1. The lowest BCUT2D eigenvalue weighted by Crippen LogP contribution is -2.54. The molecule has 4 amide bonds. The van der Waals surface area contributed by atoms with Gasteiger partial charge < -0.3 is 9.47 Å². The zero-order valence-electron chi connectivity index (χ0n) is 18.9. The normalized spacial score (nSPS) is 14.7. The van der Waals surface area contributed by atoms with Crippen LogP contribution in [-0.2, 0) is 16.2 Å². The van der Waals surface area contributed by atoms with E-state index in [2.05, 4.69) is 50.5 Å². The van der Waals surface area contributed by atoms with E-state index < -0.39 is 17.8 Å². The van der Waals surface area contributed by atoms with Gasteiger partial charge in [-0.25, -0.2) is 9.69 Å². The minimum atomic E-state index is -0.826. The molecule has 1 aliphatic rings. The summed E-state index contributed by atoms with van der Waals surface area (Å²) in [5.74, 6) is -0.466. The summed E-state index contributed by atoms with van der Waals surface area (Å²) in [5.41, 5.74) is 1.67. The number of hydrogen-bond donors (Lipinski definition) is 1. The molecule has 1 aliphatic heterocycles. The average Bonchev–Trinajstić information content (AvgIpc) is 2.83. The van der Waals surface area contributed by atoms with Crippen molar-refractivity contribution < 1.29 is 23.9 Å². The Morgan fingerprint density at radius 3 is 2.33 bits per heavy atom. The first-order valence-electron chi connectivity index (χ1n) is 10.8. The molecule has 0 unspecified atom stereocenters. The average molecular weight is 729 g/mol. The number of halogens is 3. The van der Waals surface area contributed by atoms with Gasteiger partial charge in [-0.2, -0.15) is 0 Å². The van der Waals surface area contributed by atoms with E-state index in [4.69, 9.17) is 21.1 Å². The predicted molar refractivity (Wildman–Crippen MR) is 154 cm³/mol. The first kappa shape index (κ1) is 26.4. The summed E-state index contributed by atoms with van der Waals surface area (Å²) >= 11 is 10.3. The maximum Gasteiger partial charge on any atom is 0.335 e. The van der Waals surface area contributed by atoms with Crippen molar-refractivity contribution in [2.75, 3.05) is 11.5 Å². The standard InChI is InChI=1S/C26H19ClI2N2O5/c1-2-35-22-13-16(12-21(29)23(22)36-14-15-3-7-18(28)8-4-15)11-20-24(32)30-26(34)31(25(20)33)19-9-5-17(27)6-10-19/h3-13H,2,14H2,1H3,(H,30,32,34)/b20-11+. The smallest absolute Gasteiger partial charge is 0.335 e. The molecule has 3 aromatic carbocycles. The van der Waals surface area contributed by atoms with E-state index in [1.165, 1.54) is 18.2 Å². The molecule has 0 saturated carbocycles. The van der Waals surface area contributed by atoms with Gasteiger partial charge in [0.1, 0.15) is 12.2 Å². The van der Waals surface area contributed by atoms with E-state index >= 15 is 0 Å². The Morgan fingerprint density at radius 1 is 0.972 bits per heavy atom. The molecule has 4 rings (SSSR count). The first-order valence-corrected chi connectivity index (χ1v) is 13.3. The minimum absolute atomic E-state index is 0.185. The summed E-state index contributed by atoms with van der Waals surface area (Å²) in [6.45, 7) is 2.61. The lowest BCUT2D eigenvalue weighted by atomic mass is 10.1. The lowest BCUT2D eigenvalue weighted by molar-refractivity contribution is -0.122. The summed E-state index contributed by atoms with van der Waals surface area (Å²) in [6.07, 6.45) is 1.43. The summed E-state index contributed by atoms with van der Waals surface area (Å²) in [7, 11) is 0. The molecule has 36 heavy (non-hydrogen) atoms. The number of rotatable bonds is 7. The van der Waals surface area contributed by atoms with Gasteiger partial charge in [0.2, 0.25) is 0 Å². The van der Waals surface area contributed by atoms with Crippen LogP contribution in [0, 0.1) is 7.14 Å². The van der Waals surface area contributed by atoms with Gasteiger partial charge in [-0.1, -0.05) is 23.7 Å². The molecule has 7 nitrogen and oxygen atoms in total. The fourth-order valence-corrected chi connectivity index (χ4v) is 4.73. The minimum Gasteiger partial charge on any atom is -0.490 e. The predicted octanol–water partition coefficient (Wildman–Crippen LogP) is 6.19. The third kappa shape index (κ3) is 6.01. The van der Waals surface area contributed by atoms with Crippen molar-refractivity contribution in [1.29, 1.82) is 0 Å². The molecule has 10 heteroatoms. The number of benzene rings is 3. The van der Waals surface area contributed by atoms with Crippen LogP contribution in [0.2, 0.25) is 5.02 Å². The Bertz CT molecular complexity index is 1360. The Morgan fingerprint density at radius 2 is 1.67 bits per heavy atom. The van der Waals surface area contributed by atoms with Crippen molar-refractivity contribution in [3.8, 4) is 11.5 Å². The molecule has 0 spiro atoms. The molecule has 184 valence electrons. The summed E-state index contributed by atoms with van der Waals surface area (Å²) in [4.78, 5) is 39.1. The Hall–Kier alpha value is -2.64. The molecule has 0 aromatic heterocycles. The van der Waals surface area contributed by atoms with Crippen molar-refractivity contribution in [3.63, 3.8) is 0 Å². The second-order valence-corrected chi connectivity index (χ2v) is 10.5. The SMILES string of the molecule is CCOc1cc(/C=C2\C(=O)NC(=O)N(c3ccc(Cl)cc3)C2=O)cc(I)c1OCc1ccc(I)cc1. The van der Waals surface area contributed by atoms with Crippen LogP contribution in [0.25, 0.3) is 6.08 Å². The quantitative estimate of drug-likeness (QED) is 0.178. The van der Waals surface area contributed by atoms with E-state index in [0.29, 0.717) is 41.0 Å². The van der Waals surface area contributed by atoms with Gasteiger partial charge in [0.15, 0.2) is 11.5 Å². The zero-order chi connectivity index (χ0) is 25.8. The van der Waals surface area contributed by atoms with Crippen LogP contribution in [0.4, 0.5) is 10.5 Å². The van der Waals surface area contributed by atoms with Crippen LogP contribution in [0.1, 0.15) is 18.1 Å². The van der Waals surface area contributed by atoms with Crippen LogP contribution in [-0.4, -0.2) is 24.5 Å². The molecular formula is C26H19ClI2N2O5. The number of barbiturate groups is 1. The number of imide groups is 2. The van der Waals surface area contributed by atoms with Crippen molar-refractivity contribution in [2.24, 2.45) is 0 Å². The highest BCUT2D eigenvalue weighted by atomic mass is 127. The van der Waals surface area contributed by atoms with Gasteiger partial charge in [0, 0.05) is 8.59 Å². The van der Waals surface area contributed by atoms with Crippen LogP contribution in [0.3, 0.4) is 0 Å². The van der Waals surface area contributed by atoms with Crippen LogP contribution >= 0.6 is 56.8 Å². The molecular weight excluding hydrogens is 710 g/mol. The molecule has 1 N–H and O–H groups in total. The van der Waals surface area contributed by atoms with Gasteiger partial charge >= 0.3 is 6.03 Å². The van der Waals surface area contributed by atoms with Crippen LogP contribution < -0.4 is 19.7 Å². The number of nitrogens with one attached hydrogen (secondary N) is 1. The number of amides is 4. The molecule has 1 fully saturated rings. The topological polar surface area (TPSA) is 84.9 Å². The Balaban J connectivity index is 1.65. The second kappa shape index (κ2) is 11.6. The molecule has 1 heterocycles. The highest BCUT2D eigenvalue weighted by molar-refractivity contribution is 14.1. The van der Waals surface area contributed by atoms with Crippen molar-refractivity contribution in [2.45, 2.75) is 13.5 Å². The third-order valence-electron chi connectivity index (χ3n) is 5.13. The van der Waals surface area contributed by atoms with Gasteiger partial charge in [-0.05, 0) is 118 Å². The molecule has 0 atom stereocenters. The fourth-order valence-electron chi connectivity index (χ4n) is 3.46. The number of carbonyl (C=O) groups excluding carboxylic acids is 3. The summed E-state index contributed by atoms with van der Waals surface area (Å²) in [6, 6.07) is 16.8. The number of nitrogens with zero attached hydrogens (tertiary/aromatic N) is 1. The Kier molecular flexibility index (Phi) is 8.52. The molecule has 1 saturated heterocycles. The number of carbonyl (C=O) groups is 3. The Labute approximate surface area is 240 Å². The number of hydrogen-bond acceptors (Lipinski definition) is 5. The second-order valence-electron chi connectivity index (χ2n) is 7.61. The monoisotopic (exact) mass is 728 g/mol. The van der Waals surface area contributed by atoms with Gasteiger partial charge in [0.25, 0.3) is 11.8 Å². The van der Waals surface area contributed by atoms with E-state index in [0.717, 1.165) is 17.6 Å². The van der Waals surface area contributed by atoms with Crippen molar-refractivity contribution in [3.05, 3.63) is 89.5 Å². The van der Waals surface area contributed by atoms with Crippen molar-refractivity contribution >= 4 is 86.4 Å². The molecule has 0 aliphatic carbocycles. The lowest BCUT2D eigenvalue weighted by Gasteiger charge is -2.26. The molecule has 3 aromatic rings. The maximum atomic E-state index is 13.2. The largest absolute Gasteiger partial charge is 0.490 e. The maximum absolute atomic E-state index is 13.2. The molecule has 0 bridgehead atoms. The zero-order valence-corrected chi connectivity index (χ0v) is 24.0. The van der Waals surface area contributed by atoms with Crippen LogP contribution in [0.5, 0.6) is 11.5 Å². The van der Waals surface area contributed by atoms with Gasteiger partial charge in [-0.15, -0.1) is 0 Å². The third-order valence-corrected chi connectivity index (χ3v) is 6.90. The highest BCUT2D eigenvalue weighted by Crippen LogP contribution is 2.36. The number of anilines is 1.